The van der Waals surface area contributed by atoms with Gasteiger partial charge in [0.05, 0.1) is 24.6 Å². The highest BCUT2D eigenvalue weighted by molar-refractivity contribution is 7.80. The highest BCUT2D eigenvalue weighted by atomic mass is 32.1. The zero-order chi connectivity index (χ0) is 28.5. The molecule has 0 amide bonds. The van der Waals surface area contributed by atoms with Crippen LogP contribution in [-0.4, -0.2) is 39.9 Å². The molecular formula is C32H33NO6S. The number of aromatic nitrogens is 1. The van der Waals surface area contributed by atoms with Gasteiger partial charge in [0.25, 0.3) is 0 Å². The summed E-state index contributed by atoms with van der Waals surface area (Å²) in [5.41, 5.74) is 3.00. The number of thiol groups is 1. The average Bonchev–Trinajstić information content (AvgIpc) is 3.26. The fraction of sp³-hybridized carbons (Fsp3) is 0.250. The number of hydrogen-bond acceptors (Lipinski definition) is 5. The second-order valence-corrected chi connectivity index (χ2v) is 9.90. The Labute approximate surface area is 239 Å². The number of nitrogens with zero attached hydrogens (tertiary/aromatic N) is 1. The summed E-state index contributed by atoms with van der Waals surface area (Å²) >= 11 is 4.57. The minimum atomic E-state index is -0.991. The molecule has 4 aromatic rings. The van der Waals surface area contributed by atoms with Crippen LogP contribution in [0.15, 0.2) is 77.8 Å². The summed E-state index contributed by atoms with van der Waals surface area (Å²) in [5, 5.41) is 19.9. The first kappa shape index (κ1) is 28.8. The molecule has 0 saturated heterocycles. The fourth-order valence-electron chi connectivity index (χ4n) is 4.66. The first-order chi connectivity index (χ1) is 19.4. The third-order valence-electron chi connectivity index (χ3n) is 6.60. The van der Waals surface area contributed by atoms with Crippen LogP contribution < -0.4 is 9.47 Å². The van der Waals surface area contributed by atoms with Crippen LogP contribution in [-0.2, 0) is 16.1 Å². The fourth-order valence-corrected chi connectivity index (χ4v) is 5.04. The Balaban J connectivity index is 1.44. The summed E-state index contributed by atoms with van der Waals surface area (Å²) in [6, 6.07) is 21.1. The van der Waals surface area contributed by atoms with E-state index in [4.69, 9.17) is 9.47 Å². The van der Waals surface area contributed by atoms with Gasteiger partial charge < -0.3 is 24.3 Å². The van der Waals surface area contributed by atoms with E-state index in [1.165, 1.54) is 0 Å². The maximum Gasteiger partial charge on any atom is 0.323 e. The number of carboxylic acid groups (broad SMARTS) is 2. The first-order valence-corrected chi connectivity index (χ1v) is 13.7. The molecule has 208 valence electrons. The Hall–Kier alpha value is -4.17. The van der Waals surface area contributed by atoms with Crippen molar-refractivity contribution in [1.82, 2.24) is 4.57 Å². The summed E-state index contributed by atoms with van der Waals surface area (Å²) in [6.45, 7) is 2.80. The predicted octanol–water partition coefficient (Wildman–Crippen LogP) is 7.00. The summed E-state index contributed by atoms with van der Waals surface area (Å²) in [4.78, 5) is 24.0. The van der Waals surface area contributed by atoms with Crippen LogP contribution in [0.2, 0.25) is 0 Å². The molecule has 1 heterocycles. The van der Waals surface area contributed by atoms with Crippen LogP contribution in [0.1, 0.15) is 48.8 Å². The number of carboxylic acids is 2. The molecule has 0 fully saturated rings. The van der Waals surface area contributed by atoms with Gasteiger partial charge in [-0.15, -0.1) is 12.6 Å². The molecule has 0 spiro atoms. The highest BCUT2D eigenvalue weighted by Gasteiger charge is 2.24. The van der Waals surface area contributed by atoms with Crippen molar-refractivity contribution in [3.63, 3.8) is 0 Å². The van der Waals surface area contributed by atoms with Crippen molar-refractivity contribution in [2.45, 2.75) is 43.5 Å². The summed E-state index contributed by atoms with van der Waals surface area (Å²) < 4.78 is 13.2. The quantitative estimate of drug-likeness (QED) is 0.0874. The molecule has 0 saturated carbocycles. The third-order valence-corrected chi connectivity index (χ3v) is 6.94. The Morgan fingerprint density at radius 1 is 0.900 bits per heavy atom. The number of aliphatic carboxylic acids is 2. The highest BCUT2D eigenvalue weighted by Crippen LogP contribution is 2.36. The Morgan fingerprint density at radius 2 is 1.55 bits per heavy atom. The van der Waals surface area contributed by atoms with E-state index in [0.29, 0.717) is 41.0 Å². The molecule has 0 aliphatic rings. The Morgan fingerprint density at radius 3 is 2.15 bits per heavy atom. The van der Waals surface area contributed by atoms with E-state index >= 15 is 0 Å². The maximum absolute atomic E-state index is 11.9. The zero-order valence-corrected chi connectivity index (χ0v) is 23.2. The van der Waals surface area contributed by atoms with Crippen LogP contribution in [0.4, 0.5) is 0 Å². The summed E-state index contributed by atoms with van der Waals surface area (Å²) in [6.07, 6.45) is 7.67. The zero-order valence-electron chi connectivity index (χ0n) is 22.3. The lowest BCUT2D eigenvalue weighted by molar-refractivity contribution is -0.139. The smallest absolute Gasteiger partial charge is 0.323 e. The van der Waals surface area contributed by atoms with E-state index in [-0.39, 0.29) is 6.54 Å². The minimum absolute atomic E-state index is 0.254. The summed E-state index contributed by atoms with van der Waals surface area (Å²) in [5.74, 6) is -0.975. The van der Waals surface area contributed by atoms with Crippen molar-refractivity contribution >= 4 is 47.6 Å². The number of fused-ring (bicyclic) bond motifs is 1. The number of hydrogen-bond donors (Lipinski definition) is 3. The van der Waals surface area contributed by atoms with Gasteiger partial charge in [0.2, 0.25) is 0 Å². The molecule has 4 rings (SSSR count). The van der Waals surface area contributed by atoms with E-state index < -0.39 is 17.9 Å². The van der Waals surface area contributed by atoms with Crippen LogP contribution in [0.5, 0.6) is 11.5 Å². The first-order valence-electron chi connectivity index (χ1n) is 13.3. The van der Waals surface area contributed by atoms with Gasteiger partial charge in [0, 0.05) is 16.5 Å². The lowest BCUT2D eigenvalue weighted by atomic mass is 9.92. The van der Waals surface area contributed by atoms with Crippen LogP contribution in [0, 0.1) is 0 Å². The monoisotopic (exact) mass is 559 g/mol. The molecule has 0 aliphatic carbocycles. The number of para-hydroxylation sites is 1. The minimum Gasteiger partial charge on any atom is -0.494 e. The van der Waals surface area contributed by atoms with Crippen LogP contribution >= 0.6 is 12.6 Å². The van der Waals surface area contributed by atoms with Crippen molar-refractivity contribution in [2.24, 2.45) is 0 Å². The largest absolute Gasteiger partial charge is 0.494 e. The Bertz CT molecular complexity index is 1480. The number of benzene rings is 3. The van der Waals surface area contributed by atoms with Crippen molar-refractivity contribution in [3.8, 4) is 11.5 Å². The molecule has 0 radical (unpaired) electrons. The normalized spacial score (nSPS) is 12.1. The molecule has 2 N–H and O–H groups in total. The van der Waals surface area contributed by atoms with Crippen LogP contribution in [0.25, 0.3) is 23.1 Å². The van der Waals surface area contributed by atoms with Crippen molar-refractivity contribution in [2.75, 3.05) is 13.2 Å². The second kappa shape index (κ2) is 13.8. The van der Waals surface area contributed by atoms with Gasteiger partial charge in [-0.2, -0.15) is 0 Å². The van der Waals surface area contributed by atoms with Crippen molar-refractivity contribution in [1.29, 1.82) is 0 Å². The van der Waals surface area contributed by atoms with Gasteiger partial charge in [-0.1, -0.05) is 61.5 Å². The SMILES string of the molecule is CCC(C(=O)O)c1ccc(C=Cc2ccc(OCCCCOc3ccccc3)cc2)c2c1c(S)cn2CC(=O)O. The number of ether oxygens (including phenoxy) is 2. The lowest BCUT2D eigenvalue weighted by Crippen LogP contribution is -2.12. The van der Waals surface area contributed by atoms with E-state index in [0.717, 1.165) is 35.5 Å². The van der Waals surface area contributed by atoms with E-state index in [1.807, 2.05) is 79.7 Å². The van der Waals surface area contributed by atoms with E-state index in [2.05, 4.69) is 12.6 Å². The van der Waals surface area contributed by atoms with Gasteiger partial charge in [-0.05, 0) is 60.2 Å². The molecule has 3 aromatic carbocycles. The number of carbonyl (C=O) groups is 2. The molecule has 1 atom stereocenters. The third kappa shape index (κ3) is 7.27. The molecule has 1 unspecified atom stereocenters. The van der Waals surface area contributed by atoms with Gasteiger partial charge in [0.1, 0.15) is 18.0 Å². The number of rotatable bonds is 14. The molecule has 8 heteroatoms. The topological polar surface area (TPSA) is 98.0 Å². The molecule has 0 bridgehead atoms. The molecule has 0 aliphatic heterocycles. The van der Waals surface area contributed by atoms with Gasteiger partial charge in [0.15, 0.2) is 0 Å². The average molecular weight is 560 g/mol. The molecule has 40 heavy (non-hydrogen) atoms. The van der Waals surface area contributed by atoms with Crippen LogP contribution in [0.3, 0.4) is 0 Å². The van der Waals surface area contributed by atoms with E-state index in [1.54, 1.807) is 16.8 Å². The van der Waals surface area contributed by atoms with Gasteiger partial charge >= 0.3 is 11.9 Å². The maximum atomic E-state index is 11.9. The lowest BCUT2D eigenvalue weighted by Gasteiger charge is -2.14. The van der Waals surface area contributed by atoms with Gasteiger partial charge in [-0.3, -0.25) is 9.59 Å². The van der Waals surface area contributed by atoms with Gasteiger partial charge in [-0.25, -0.2) is 0 Å². The van der Waals surface area contributed by atoms with E-state index in [9.17, 15) is 19.8 Å². The standard InChI is InChI=1S/C32H33NO6S/c1-2-26(32(36)37)27-17-14-23(31-30(27)28(40)20-33(31)21-29(34)35)13-10-22-11-15-25(16-12-22)39-19-7-6-18-38-24-8-4-3-5-9-24/h3-5,8-17,20,26,40H,2,6-7,18-19,21H2,1H3,(H,34,35)(H,36,37). The second-order valence-electron chi connectivity index (χ2n) is 9.42. The predicted molar refractivity (Wildman–Crippen MR) is 160 cm³/mol. The van der Waals surface area contributed by atoms with Crippen molar-refractivity contribution in [3.05, 3.63) is 89.6 Å². The number of unbranched alkanes of at least 4 members (excludes halogenated alkanes) is 1. The molecular weight excluding hydrogens is 526 g/mol. The molecule has 7 nitrogen and oxygen atoms in total. The molecule has 1 aromatic heterocycles. The summed E-state index contributed by atoms with van der Waals surface area (Å²) in [7, 11) is 0. The van der Waals surface area contributed by atoms with Crippen molar-refractivity contribution < 1.29 is 29.3 Å². The Kier molecular flexibility index (Phi) is 9.91.